The average molecular weight is 240 g/mol. The van der Waals surface area contributed by atoms with Gasteiger partial charge in [-0.2, -0.15) is 0 Å². The van der Waals surface area contributed by atoms with E-state index in [1.54, 1.807) is 0 Å². The average Bonchev–Trinajstić information content (AvgIpc) is 2.83. The van der Waals surface area contributed by atoms with E-state index in [0.29, 0.717) is 6.54 Å². The maximum absolute atomic E-state index is 11.7. The van der Waals surface area contributed by atoms with Crippen LogP contribution in [0.4, 0.5) is 0 Å². The van der Waals surface area contributed by atoms with Gasteiger partial charge in [0, 0.05) is 13.1 Å². The summed E-state index contributed by atoms with van der Waals surface area (Å²) in [5.41, 5.74) is 0. The maximum atomic E-state index is 11.7. The van der Waals surface area contributed by atoms with E-state index in [4.69, 9.17) is 0 Å². The molecular weight excluding hydrogens is 212 g/mol. The first-order valence-electron chi connectivity index (χ1n) is 7.26. The van der Waals surface area contributed by atoms with Crippen molar-refractivity contribution in [2.24, 2.45) is 5.92 Å². The van der Waals surface area contributed by atoms with E-state index in [2.05, 4.69) is 5.32 Å². The Bertz CT molecular complexity index is 208. The summed E-state index contributed by atoms with van der Waals surface area (Å²) in [6, 6.07) is 0. The highest BCUT2D eigenvalue weighted by Gasteiger charge is 2.14. The number of rotatable bonds is 8. The zero-order valence-electron chi connectivity index (χ0n) is 11.5. The van der Waals surface area contributed by atoms with Gasteiger partial charge in [0.05, 0.1) is 6.54 Å². The van der Waals surface area contributed by atoms with Gasteiger partial charge >= 0.3 is 0 Å². The van der Waals surface area contributed by atoms with Crippen molar-refractivity contribution in [2.75, 3.05) is 26.2 Å². The molecule has 0 aromatic carbocycles. The van der Waals surface area contributed by atoms with E-state index in [9.17, 15) is 4.79 Å². The minimum atomic E-state index is 0.232. The summed E-state index contributed by atoms with van der Waals surface area (Å²) in [5.74, 6) is 1.20. The maximum Gasteiger partial charge on any atom is 0.236 e. The molecule has 0 spiro atoms. The summed E-state index contributed by atoms with van der Waals surface area (Å²) in [6.45, 7) is 7.19. The van der Waals surface area contributed by atoms with Crippen molar-refractivity contribution in [3.05, 3.63) is 0 Å². The van der Waals surface area contributed by atoms with Crippen LogP contribution < -0.4 is 5.32 Å². The Kier molecular flexibility index (Phi) is 7.25. The topological polar surface area (TPSA) is 32.3 Å². The molecule has 0 saturated heterocycles. The van der Waals surface area contributed by atoms with E-state index >= 15 is 0 Å². The van der Waals surface area contributed by atoms with Gasteiger partial charge in [-0.3, -0.25) is 4.79 Å². The Balaban J connectivity index is 1.97. The van der Waals surface area contributed by atoms with Crippen molar-refractivity contribution in [3.63, 3.8) is 0 Å². The predicted octanol–water partition coefficient (Wildman–Crippen LogP) is 2.41. The smallest absolute Gasteiger partial charge is 0.236 e. The van der Waals surface area contributed by atoms with Crippen molar-refractivity contribution in [1.82, 2.24) is 10.2 Å². The van der Waals surface area contributed by atoms with Gasteiger partial charge in [-0.25, -0.2) is 0 Å². The quantitative estimate of drug-likeness (QED) is 0.661. The lowest BCUT2D eigenvalue weighted by atomic mass is 10.0. The SMILES string of the molecule is CCN(CC)C(=O)CNCCCC1CCCC1. The Morgan fingerprint density at radius 1 is 1.24 bits per heavy atom. The fraction of sp³-hybridized carbons (Fsp3) is 0.929. The molecule has 0 unspecified atom stereocenters. The molecule has 0 heterocycles. The van der Waals surface area contributed by atoms with Crippen LogP contribution in [-0.2, 0) is 4.79 Å². The van der Waals surface area contributed by atoms with Crippen LogP contribution >= 0.6 is 0 Å². The number of hydrogen-bond acceptors (Lipinski definition) is 2. The molecule has 0 atom stereocenters. The van der Waals surface area contributed by atoms with Gasteiger partial charge in [0.2, 0.25) is 5.91 Å². The van der Waals surface area contributed by atoms with Crippen LogP contribution in [0.1, 0.15) is 52.4 Å². The molecule has 0 aliphatic heterocycles. The Labute approximate surface area is 106 Å². The van der Waals surface area contributed by atoms with Crippen LogP contribution in [0.3, 0.4) is 0 Å². The number of carbonyl (C=O) groups is 1. The van der Waals surface area contributed by atoms with Crippen molar-refractivity contribution in [3.8, 4) is 0 Å². The highest BCUT2D eigenvalue weighted by Crippen LogP contribution is 2.28. The van der Waals surface area contributed by atoms with Gasteiger partial charge in [0.15, 0.2) is 0 Å². The molecule has 1 saturated carbocycles. The molecule has 0 aromatic heterocycles. The zero-order chi connectivity index (χ0) is 12.5. The first-order chi connectivity index (χ1) is 8.27. The second-order valence-electron chi connectivity index (χ2n) is 5.04. The largest absolute Gasteiger partial charge is 0.342 e. The van der Waals surface area contributed by atoms with Gasteiger partial charge in [0.25, 0.3) is 0 Å². The number of nitrogens with zero attached hydrogens (tertiary/aromatic N) is 1. The first-order valence-corrected chi connectivity index (χ1v) is 7.26. The number of amides is 1. The second-order valence-corrected chi connectivity index (χ2v) is 5.04. The lowest BCUT2D eigenvalue weighted by Gasteiger charge is -2.18. The third kappa shape index (κ3) is 5.53. The third-order valence-corrected chi connectivity index (χ3v) is 3.83. The normalized spacial score (nSPS) is 16.4. The fourth-order valence-electron chi connectivity index (χ4n) is 2.70. The second kappa shape index (κ2) is 8.51. The van der Waals surface area contributed by atoms with Crippen LogP contribution in [0.2, 0.25) is 0 Å². The first kappa shape index (κ1) is 14.5. The van der Waals surface area contributed by atoms with E-state index in [-0.39, 0.29) is 5.91 Å². The fourth-order valence-corrected chi connectivity index (χ4v) is 2.70. The molecule has 100 valence electrons. The Morgan fingerprint density at radius 2 is 1.88 bits per heavy atom. The zero-order valence-corrected chi connectivity index (χ0v) is 11.5. The van der Waals surface area contributed by atoms with Crippen molar-refractivity contribution < 1.29 is 4.79 Å². The Hall–Kier alpha value is -0.570. The predicted molar refractivity (Wildman–Crippen MR) is 72.0 cm³/mol. The standard InChI is InChI=1S/C14H28N2O/c1-3-16(4-2)14(17)12-15-11-7-10-13-8-5-6-9-13/h13,15H,3-12H2,1-2H3. The van der Waals surface area contributed by atoms with Crippen LogP contribution in [-0.4, -0.2) is 37.0 Å². The van der Waals surface area contributed by atoms with Crippen LogP contribution in [0.15, 0.2) is 0 Å². The van der Waals surface area contributed by atoms with Gasteiger partial charge in [0.1, 0.15) is 0 Å². The number of hydrogen-bond donors (Lipinski definition) is 1. The highest BCUT2D eigenvalue weighted by atomic mass is 16.2. The van der Waals surface area contributed by atoms with E-state index in [1.165, 1.54) is 38.5 Å². The molecule has 1 aliphatic rings. The van der Waals surface area contributed by atoms with E-state index < -0.39 is 0 Å². The van der Waals surface area contributed by atoms with Crippen molar-refractivity contribution >= 4 is 5.91 Å². The summed E-state index contributed by atoms with van der Waals surface area (Å²) >= 11 is 0. The molecular formula is C14H28N2O. The molecule has 3 nitrogen and oxygen atoms in total. The molecule has 0 aromatic rings. The number of likely N-dealkylation sites (N-methyl/N-ethyl adjacent to an activating group) is 1. The molecule has 1 amide bonds. The van der Waals surface area contributed by atoms with Crippen LogP contribution in [0.5, 0.6) is 0 Å². The molecule has 17 heavy (non-hydrogen) atoms. The summed E-state index contributed by atoms with van der Waals surface area (Å²) < 4.78 is 0. The molecule has 1 N–H and O–H groups in total. The third-order valence-electron chi connectivity index (χ3n) is 3.83. The van der Waals surface area contributed by atoms with Gasteiger partial charge < -0.3 is 10.2 Å². The lowest BCUT2D eigenvalue weighted by Crippen LogP contribution is -2.38. The number of nitrogens with one attached hydrogen (secondary N) is 1. The minimum Gasteiger partial charge on any atom is -0.342 e. The van der Waals surface area contributed by atoms with Crippen LogP contribution in [0, 0.1) is 5.92 Å². The molecule has 1 rings (SSSR count). The summed E-state index contributed by atoms with van der Waals surface area (Å²) in [7, 11) is 0. The minimum absolute atomic E-state index is 0.232. The van der Waals surface area contributed by atoms with Gasteiger partial charge in [-0.1, -0.05) is 25.7 Å². The monoisotopic (exact) mass is 240 g/mol. The van der Waals surface area contributed by atoms with Gasteiger partial charge in [-0.15, -0.1) is 0 Å². The summed E-state index contributed by atoms with van der Waals surface area (Å²) in [6.07, 6.45) is 8.27. The van der Waals surface area contributed by atoms with Crippen LogP contribution in [0.25, 0.3) is 0 Å². The molecule has 3 heteroatoms. The van der Waals surface area contributed by atoms with Crippen molar-refractivity contribution in [2.45, 2.75) is 52.4 Å². The molecule has 1 aliphatic carbocycles. The van der Waals surface area contributed by atoms with E-state index in [1.807, 2.05) is 18.7 Å². The Morgan fingerprint density at radius 3 is 2.47 bits per heavy atom. The summed E-state index contributed by atoms with van der Waals surface area (Å²) in [4.78, 5) is 13.6. The molecule has 0 bridgehead atoms. The van der Waals surface area contributed by atoms with Crippen molar-refractivity contribution in [1.29, 1.82) is 0 Å². The highest BCUT2D eigenvalue weighted by molar-refractivity contribution is 5.78. The summed E-state index contributed by atoms with van der Waals surface area (Å²) in [5, 5.41) is 3.27. The van der Waals surface area contributed by atoms with Gasteiger partial charge in [-0.05, 0) is 39.2 Å². The molecule has 1 fully saturated rings. The number of carbonyl (C=O) groups excluding carboxylic acids is 1. The lowest BCUT2D eigenvalue weighted by molar-refractivity contribution is -0.129. The van der Waals surface area contributed by atoms with E-state index in [0.717, 1.165) is 25.6 Å². The molecule has 0 radical (unpaired) electrons.